The van der Waals surface area contributed by atoms with Gasteiger partial charge in [-0.2, -0.15) is 0 Å². The summed E-state index contributed by atoms with van der Waals surface area (Å²) in [5.41, 5.74) is 7.30. The van der Waals surface area contributed by atoms with Crippen molar-refractivity contribution in [2.45, 2.75) is 19.3 Å². The van der Waals surface area contributed by atoms with Crippen molar-refractivity contribution in [1.82, 2.24) is 5.32 Å². The molecule has 90 valence electrons. The molecule has 0 aliphatic heterocycles. The highest BCUT2D eigenvalue weighted by molar-refractivity contribution is 5.91. The molecule has 2 rings (SSSR count). The number of carbonyl (C=O) groups is 1. The number of hydrogen-bond acceptors (Lipinski definition) is 2. The van der Waals surface area contributed by atoms with Gasteiger partial charge in [-0.1, -0.05) is 18.6 Å². The van der Waals surface area contributed by atoms with Crippen molar-refractivity contribution in [2.24, 2.45) is 5.92 Å². The molecule has 3 nitrogen and oxygen atoms in total. The van der Waals surface area contributed by atoms with Gasteiger partial charge in [0.1, 0.15) is 0 Å². The van der Waals surface area contributed by atoms with E-state index in [-0.39, 0.29) is 5.91 Å². The van der Waals surface area contributed by atoms with Crippen molar-refractivity contribution >= 4 is 17.7 Å². The van der Waals surface area contributed by atoms with Gasteiger partial charge >= 0.3 is 0 Å². The highest BCUT2D eigenvalue weighted by Gasteiger charge is 2.16. The summed E-state index contributed by atoms with van der Waals surface area (Å²) < 4.78 is 0. The van der Waals surface area contributed by atoms with Gasteiger partial charge in [-0.05, 0) is 42.5 Å². The standard InChI is InChI=1S/C14H18N2O/c15-13-7-4-11(5-8-13)6-9-14(17)16-10-12-2-1-3-12/h4-9,12H,1-3,10,15H2,(H,16,17)/b9-6+. The van der Waals surface area contributed by atoms with Crippen LogP contribution in [0.5, 0.6) is 0 Å². The van der Waals surface area contributed by atoms with E-state index < -0.39 is 0 Å². The van der Waals surface area contributed by atoms with Crippen LogP contribution >= 0.6 is 0 Å². The first-order valence-electron chi connectivity index (χ1n) is 6.05. The van der Waals surface area contributed by atoms with Crippen LogP contribution in [0.3, 0.4) is 0 Å². The van der Waals surface area contributed by atoms with Gasteiger partial charge in [-0.3, -0.25) is 4.79 Å². The molecule has 1 fully saturated rings. The number of nitrogens with two attached hydrogens (primary N) is 1. The fourth-order valence-corrected chi connectivity index (χ4v) is 1.78. The van der Waals surface area contributed by atoms with E-state index in [4.69, 9.17) is 5.73 Å². The number of nitrogens with one attached hydrogen (secondary N) is 1. The quantitative estimate of drug-likeness (QED) is 0.615. The van der Waals surface area contributed by atoms with Gasteiger partial charge < -0.3 is 11.1 Å². The van der Waals surface area contributed by atoms with Crippen LogP contribution in [-0.2, 0) is 4.79 Å². The molecule has 0 heterocycles. The lowest BCUT2D eigenvalue weighted by atomic mass is 9.85. The first kappa shape index (κ1) is 11.7. The molecule has 17 heavy (non-hydrogen) atoms. The lowest BCUT2D eigenvalue weighted by Gasteiger charge is -2.24. The van der Waals surface area contributed by atoms with Crippen molar-refractivity contribution in [3.05, 3.63) is 35.9 Å². The molecule has 0 saturated heterocycles. The van der Waals surface area contributed by atoms with Gasteiger partial charge in [-0.15, -0.1) is 0 Å². The third kappa shape index (κ3) is 3.63. The zero-order valence-corrected chi connectivity index (χ0v) is 9.86. The fraction of sp³-hybridized carbons (Fsp3) is 0.357. The molecular weight excluding hydrogens is 212 g/mol. The molecule has 3 heteroatoms. The van der Waals surface area contributed by atoms with Crippen molar-refractivity contribution < 1.29 is 4.79 Å². The smallest absolute Gasteiger partial charge is 0.244 e. The van der Waals surface area contributed by atoms with E-state index in [1.807, 2.05) is 24.3 Å². The summed E-state index contributed by atoms with van der Waals surface area (Å²) in [4.78, 5) is 11.5. The Morgan fingerprint density at radius 3 is 2.65 bits per heavy atom. The summed E-state index contributed by atoms with van der Waals surface area (Å²) in [7, 11) is 0. The summed E-state index contributed by atoms with van der Waals surface area (Å²) in [6.45, 7) is 0.810. The van der Waals surface area contributed by atoms with Crippen molar-refractivity contribution in [2.75, 3.05) is 12.3 Å². The largest absolute Gasteiger partial charge is 0.399 e. The SMILES string of the molecule is Nc1ccc(/C=C/C(=O)NCC2CCC2)cc1. The summed E-state index contributed by atoms with van der Waals surface area (Å²) >= 11 is 0. The summed E-state index contributed by atoms with van der Waals surface area (Å²) in [5, 5.41) is 2.92. The lowest BCUT2D eigenvalue weighted by molar-refractivity contribution is -0.116. The molecule has 1 saturated carbocycles. The maximum Gasteiger partial charge on any atom is 0.244 e. The van der Waals surface area contributed by atoms with Gasteiger partial charge in [0.2, 0.25) is 5.91 Å². The zero-order chi connectivity index (χ0) is 12.1. The van der Waals surface area contributed by atoms with Crippen LogP contribution in [0.25, 0.3) is 6.08 Å². The minimum atomic E-state index is -0.0197. The second-order valence-electron chi connectivity index (χ2n) is 4.54. The fourth-order valence-electron chi connectivity index (χ4n) is 1.78. The summed E-state index contributed by atoms with van der Waals surface area (Å²) in [6, 6.07) is 7.44. The Hall–Kier alpha value is -1.77. The monoisotopic (exact) mass is 230 g/mol. The van der Waals surface area contributed by atoms with E-state index in [0.29, 0.717) is 5.92 Å². The van der Waals surface area contributed by atoms with Crippen LogP contribution < -0.4 is 11.1 Å². The molecule has 0 aromatic heterocycles. The maximum absolute atomic E-state index is 11.5. The van der Waals surface area contributed by atoms with E-state index in [1.54, 1.807) is 12.2 Å². The average Bonchev–Trinajstić information content (AvgIpc) is 2.26. The lowest BCUT2D eigenvalue weighted by Crippen LogP contribution is -2.30. The van der Waals surface area contributed by atoms with E-state index in [1.165, 1.54) is 19.3 Å². The molecule has 0 radical (unpaired) electrons. The van der Waals surface area contributed by atoms with E-state index >= 15 is 0 Å². The van der Waals surface area contributed by atoms with Crippen LogP contribution in [0.15, 0.2) is 30.3 Å². The maximum atomic E-state index is 11.5. The average molecular weight is 230 g/mol. The zero-order valence-electron chi connectivity index (χ0n) is 9.86. The Morgan fingerprint density at radius 1 is 1.35 bits per heavy atom. The van der Waals surface area contributed by atoms with Crippen LogP contribution in [0.1, 0.15) is 24.8 Å². The number of amides is 1. The first-order valence-corrected chi connectivity index (χ1v) is 6.05. The number of hydrogen-bond donors (Lipinski definition) is 2. The highest BCUT2D eigenvalue weighted by Crippen LogP contribution is 2.25. The predicted molar refractivity (Wildman–Crippen MR) is 70.2 cm³/mol. The van der Waals surface area contributed by atoms with Crippen LogP contribution in [0.4, 0.5) is 5.69 Å². The van der Waals surface area contributed by atoms with Crippen molar-refractivity contribution in [3.63, 3.8) is 0 Å². The molecule has 1 aliphatic carbocycles. The van der Waals surface area contributed by atoms with Crippen LogP contribution in [-0.4, -0.2) is 12.5 Å². The van der Waals surface area contributed by atoms with Crippen molar-refractivity contribution in [1.29, 1.82) is 0 Å². The van der Waals surface area contributed by atoms with E-state index in [0.717, 1.165) is 17.8 Å². The molecule has 0 unspecified atom stereocenters. The number of benzene rings is 1. The first-order chi connectivity index (χ1) is 8.24. The Labute approximate surface area is 102 Å². The van der Waals surface area contributed by atoms with Gasteiger partial charge in [0.25, 0.3) is 0 Å². The number of carbonyl (C=O) groups excluding carboxylic acids is 1. The van der Waals surface area contributed by atoms with E-state index in [9.17, 15) is 4.79 Å². The minimum Gasteiger partial charge on any atom is -0.399 e. The number of nitrogen functional groups attached to an aromatic ring is 1. The van der Waals surface area contributed by atoms with Crippen LogP contribution in [0, 0.1) is 5.92 Å². The molecule has 0 bridgehead atoms. The summed E-state index contributed by atoms with van der Waals surface area (Å²) in [6.07, 6.45) is 7.19. The third-order valence-corrected chi connectivity index (χ3v) is 3.15. The second-order valence-corrected chi connectivity index (χ2v) is 4.54. The third-order valence-electron chi connectivity index (χ3n) is 3.15. The molecule has 1 amide bonds. The molecule has 3 N–H and O–H groups in total. The molecule has 1 aliphatic rings. The molecule has 0 atom stereocenters. The van der Waals surface area contributed by atoms with Gasteiger partial charge in [0.15, 0.2) is 0 Å². The van der Waals surface area contributed by atoms with Gasteiger partial charge in [-0.25, -0.2) is 0 Å². The molecule has 1 aromatic rings. The summed E-state index contributed by atoms with van der Waals surface area (Å²) in [5.74, 6) is 0.678. The van der Waals surface area contributed by atoms with E-state index in [2.05, 4.69) is 5.32 Å². The number of rotatable bonds is 4. The Bertz CT molecular complexity index is 405. The normalized spacial score (nSPS) is 15.8. The molecular formula is C14H18N2O. The minimum absolute atomic E-state index is 0.0197. The molecule has 1 aromatic carbocycles. The van der Waals surface area contributed by atoms with Gasteiger partial charge in [0, 0.05) is 18.3 Å². The second kappa shape index (κ2) is 5.53. The van der Waals surface area contributed by atoms with Crippen molar-refractivity contribution in [3.8, 4) is 0 Å². The van der Waals surface area contributed by atoms with Gasteiger partial charge in [0.05, 0.1) is 0 Å². The Kier molecular flexibility index (Phi) is 3.81. The highest BCUT2D eigenvalue weighted by atomic mass is 16.1. The Morgan fingerprint density at radius 2 is 2.06 bits per heavy atom. The Balaban J connectivity index is 1.78. The topological polar surface area (TPSA) is 55.1 Å². The number of anilines is 1. The molecule has 0 spiro atoms. The van der Waals surface area contributed by atoms with Crippen LogP contribution in [0.2, 0.25) is 0 Å². The predicted octanol–water partition coefficient (Wildman–Crippen LogP) is 2.20.